The van der Waals surface area contributed by atoms with Crippen LogP contribution >= 0.6 is 23.2 Å². The van der Waals surface area contributed by atoms with Gasteiger partial charge in [-0.25, -0.2) is 9.97 Å². The highest BCUT2D eigenvalue weighted by atomic mass is 35.5. The fraction of sp³-hybridized carbons (Fsp3) is 0. The summed E-state index contributed by atoms with van der Waals surface area (Å²) in [5.74, 6) is -0.742. The number of hydrazine groups is 2. The summed E-state index contributed by atoms with van der Waals surface area (Å²) in [7, 11) is 0. The molecule has 0 bridgehead atoms. The minimum Gasteiger partial charge on any atom is -0.459 e. The molecular formula is C16H13Cl2N7O3. The smallest absolute Gasteiger partial charge is 0.305 e. The number of nitrogens with two attached hydrogens (primary N) is 1. The first-order chi connectivity index (χ1) is 13.5. The van der Waals surface area contributed by atoms with Crippen LogP contribution in [0.5, 0.6) is 0 Å². The summed E-state index contributed by atoms with van der Waals surface area (Å²) in [6.45, 7) is 0. The van der Waals surface area contributed by atoms with E-state index in [1.165, 1.54) is 36.9 Å². The quantitative estimate of drug-likeness (QED) is 0.381. The Morgan fingerprint density at radius 3 is 2.29 bits per heavy atom. The van der Waals surface area contributed by atoms with Crippen molar-refractivity contribution in [1.82, 2.24) is 20.8 Å². The van der Waals surface area contributed by atoms with Crippen LogP contribution < -0.4 is 27.4 Å². The van der Waals surface area contributed by atoms with E-state index in [2.05, 4.69) is 31.7 Å². The number of hydrogen-bond donors (Lipinski definition) is 5. The van der Waals surface area contributed by atoms with Gasteiger partial charge in [-0.1, -0.05) is 23.2 Å². The van der Waals surface area contributed by atoms with Crippen molar-refractivity contribution in [2.45, 2.75) is 0 Å². The number of nitrogens with one attached hydrogen (secondary N) is 4. The summed E-state index contributed by atoms with van der Waals surface area (Å²) < 4.78 is 4.97. The molecule has 0 spiro atoms. The van der Waals surface area contributed by atoms with Gasteiger partial charge in [0.05, 0.1) is 16.8 Å². The first kappa shape index (κ1) is 19.3. The molecule has 6 N–H and O–H groups in total. The van der Waals surface area contributed by atoms with Crippen molar-refractivity contribution in [2.24, 2.45) is 0 Å². The third-order valence-electron chi connectivity index (χ3n) is 3.39. The molecule has 2 amide bonds. The van der Waals surface area contributed by atoms with Crippen molar-refractivity contribution in [2.75, 3.05) is 16.6 Å². The van der Waals surface area contributed by atoms with Gasteiger partial charge >= 0.3 is 5.91 Å². The molecule has 0 unspecified atom stereocenters. The number of hydrogen-bond acceptors (Lipinski definition) is 8. The lowest BCUT2D eigenvalue weighted by Crippen LogP contribution is -2.32. The van der Waals surface area contributed by atoms with E-state index in [0.717, 1.165) is 0 Å². The molecule has 1 aromatic carbocycles. The molecular weight excluding hydrogens is 409 g/mol. The van der Waals surface area contributed by atoms with E-state index >= 15 is 0 Å². The zero-order chi connectivity index (χ0) is 20.1. The second-order valence-corrected chi connectivity index (χ2v) is 6.09. The highest BCUT2D eigenvalue weighted by Crippen LogP contribution is 2.22. The summed E-state index contributed by atoms with van der Waals surface area (Å²) in [4.78, 5) is 31.9. The molecule has 28 heavy (non-hydrogen) atoms. The van der Waals surface area contributed by atoms with E-state index in [0.29, 0.717) is 5.02 Å². The van der Waals surface area contributed by atoms with E-state index in [4.69, 9.17) is 33.4 Å². The van der Waals surface area contributed by atoms with E-state index in [1.54, 1.807) is 6.07 Å². The highest BCUT2D eigenvalue weighted by Gasteiger charge is 2.14. The minimum absolute atomic E-state index is 0.0461. The number of amides is 2. The van der Waals surface area contributed by atoms with Crippen molar-refractivity contribution >= 4 is 52.3 Å². The minimum atomic E-state index is -0.527. The Balaban J connectivity index is 1.64. The molecule has 0 saturated heterocycles. The van der Waals surface area contributed by atoms with Crippen LogP contribution in [-0.2, 0) is 0 Å². The van der Waals surface area contributed by atoms with E-state index in [-0.39, 0.29) is 33.7 Å². The topological polar surface area (TPSA) is 147 Å². The average Bonchev–Trinajstić information content (AvgIpc) is 3.20. The van der Waals surface area contributed by atoms with E-state index in [9.17, 15) is 9.59 Å². The number of nitrogens with zero attached hydrogens (tertiary/aromatic N) is 2. The molecule has 0 radical (unpaired) electrons. The summed E-state index contributed by atoms with van der Waals surface area (Å²) >= 11 is 11.8. The van der Waals surface area contributed by atoms with E-state index in [1.807, 2.05) is 0 Å². The predicted molar refractivity (Wildman–Crippen MR) is 104 cm³/mol. The van der Waals surface area contributed by atoms with Crippen molar-refractivity contribution in [1.29, 1.82) is 0 Å². The van der Waals surface area contributed by atoms with Gasteiger partial charge in [-0.15, -0.1) is 0 Å². The van der Waals surface area contributed by atoms with Crippen LogP contribution in [0.25, 0.3) is 0 Å². The molecule has 12 heteroatoms. The maximum absolute atomic E-state index is 12.2. The maximum Gasteiger partial charge on any atom is 0.305 e. The summed E-state index contributed by atoms with van der Waals surface area (Å²) in [6, 6.07) is 7.52. The Bertz CT molecular complexity index is 1010. The summed E-state index contributed by atoms with van der Waals surface area (Å²) in [5, 5.41) is 0.590. The molecule has 0 fully saturated rings. The van der Waals surface area contributed by atoms with Crippen molar-refractivity contribution < 1.29 is 14.0 Å². The zero-order valence-electron chi connectivity index (χ0n) is 14.0. The fourth-order valence-corrected chi connectivity index (χ4v) is 2.53. The summed E-state index contributed by atoms with van der Waals surface area (Å²) in [5.41, 5.74) is 16.1. The molecule has 0 atom stereocenters. The molecule has 0 aliphatic heterocycles. The van der Waals surface area contributed by atoms with Gasteiger partial charge in [-0.3, -0.25) is 31.3 Å². The molecule has 0 saturated carbocycles. The van der Waals surface area contributed by atoms with Gasteiger partial charge in [-0.05, 0) is 30.3 Å². The Labute approximate surface area is 168 Å². The largest absolute Gasteiger partial charge is 0.459 e. The van der Waals surface area contributed by atoms with Crippen molar-refractivity contribution in [3.8, 4) is 0 Å². The lowest BCUT2D eigenvalue weighted by atomic mass is 10.2. The monoisotopic (exact) mass is 421 g/mol. The molecule has 2 heterocycles. The number of carbonyl (C=O) groups is 2. The highest BCUT2D eigenvalue weighted by molar-refractivity contribution is 6.36. The molecule has 0 aliphatic carbocycles. The number of rotatable bonds is 6. The van der Waals surface area contributed by atoms with Gasteiger partial charge in [-0.2, -0.15) is 0 Å². The van der Waals surface area contributed by atoms with Gasteiger partial charge < -0.3 is 10.2 Å². The molecule has 3 aromatic rings. The normalized spacial score (nSPS) is 10.2. The van der Waals surface area contributed by atoms with Crippen LogP contribution in [0.3, 0.4) is 0 Å². The van der Waals surface area contributed by atoms with Gasteiger partial charge in [0.1, 0.15) is 12.0 Å². The van der Waals surface area contributed by atoms with Gasteiger partial charge in [0.2, 0.25) is 0 Å². The Morgan fingerprint density at radius 1 is 1.00 bits per heavy atom. The first-order valence-electron chi connectivity index (χ1n) is 7.67. The number of halogens is 2. The number of aromatic nitrogens is 2. The number of furan rings is 1. The lowest BCUT2D eigenvalue weighted by molar-refractivity contribution is 0.0933. The zero-order valence-corrected chi connectivity index (χ0v) is 15.5. The predicted octanol–water partition coefficient (Wildman–Crippen LogP) is 2.47. The van der Waals surface area contributed by atoms with Crippen LogP contribution in [0, 0.1) is 0 Å². The van der Waals surface area contributed by atoms with Gasteiger partial charge in [0.25, 0.3) is 5.91 Å². The van der Waals surface area contributed by atoms with Crippen molar-refractivity contribution in [3.05, 3.63) is 64.3 Å². The van der Waals surface area contributed by atoms with Crippen LogP contribution in [0.2, 0.25) is 10.0 Å². The van der Waals surface area contributed by atoms with Crippen LogP contribution in [0.1, 0.15) is 20.9 Å². The maximum atomic E-state index is 12.2. The Morgan fingerprint density at radius 2 is 1.68 bits per heavy atom. The van der Waals surface area contributed by atoms with Crippen molar-refractivity contribution in [3.63, 3.8) is 0 Å². The van der Waals surface area contributed by atoms with Crippen LogP contribution in [-0.4, -0.2) is 21.8 Å². The number of nitrogen functional groups attached to an aromatic ring is 1. The lowest BCUT2D eigenvalue weighted by Gasteiger charge is -2.13. The van der Waals surface area contributed by atoms with E-state index < -0.39 is 11.8 Å². The van der Waals surface area contributed by atoms with Gasteiger partial charge in [0.15, 0.2) is 17.4 Å². The first-order valence-corrected chi connectivity index (χ1v) is 8.43. The molecule has 10 nitrogen and oxygen atoms in total. The number of benzene rings is 1. The number of carbonyl (C=O) groups excluding carboxylic acids is 2. The Kier molecular flexibility index (Phi) is 5.82. The van der Waals surface area contributed by atoms with Gasteiger partial charge in [0, 0.05) is 5.02 Å². The third-order valence-corrected chi connectivity index (χ3v) is 3.94. The standard InChI is InChI=1S/C16H13Cl2N7O3/c17-8-3-4-9(10(18)6-8)15(26)24-22-13-12(19)14(21-7-20-13)23-25-16(27)11-2-1-5-28-11/h1-7H,19H2,(H,24,26)(H,25,27)(H2,20,21,22,23). The third kappa shape index (κ3) is 4.42. The second kappa shape index (κ2) is 8.46. The molecule has 0 aliphatic rings. The molecule has 144 valence electrons. The SMILES string of the molecule is Nc1c(NNC(=O)c2ccco2)ncnc1NNC(=O)c1ccc(Cl)cc1Cl. The van der Waals surface area contributed by atoms with Crippen LogP contribution in [0.4, 0.5) is 17.3 Å². The number of anilines is 3. The fourth-order valence-electron chi connectivity index (χ4n) is 2.04. The average molecular weight is 422 g/mol. The Hall–Kier alpha value is -3.50. The molecule has 2 aromatic heterocycles. The van der Waals surface area contributed by atoms with Crippen LogP contribution in [0.15, 0.2) is 47.3 Å². The molecule has 3 rings (SSSR count). The second-order valence-electron chi connectivity index (χ2n) is 5.24. The summed E-state index contributed by atoms with van der Waals surface area (Å²) in [6.07, 6.45) is 2.55.